The average molecular weight is 487 g/mol. The molecule has 6 nitrogen and oxygen atoms in total. The number of nitrogens with one attached hydrogen (secondary N) is 2. The highest BCUT2D eigenvalue weighted by Gasteiger charge is 2.31. The third-order valence-corrected chi connectivity index (χ3v) is 5.09. The standard InChI is InChI=1S/C24H18ClF3N4O2/c1-32-22(21(14-29-32)15-5-11-20(12-6-15)34-24(26,27)28)16-3-2-4-19(13-16)31-23(33)30-18-9-7-17(25)8-10-18/h2-14H,1H3,(H2,30,31,33). The van der Waals surface area contributed by atoms with E-state index in [1.807, 2.05) is 6.07 Å². The van der Waals surface area contributed by atoms with Crippen LogP contribution in [0.1, 0.15) is 0 Å². The molecule has 0 aliphatic rings. The van der Waals surface area contributed by atoms with E-state index in [4.69, 9.17) is 11.6 Å². The van der Waals surface area contributed by atoms with Crippen molar-refractivity contribution in [2.24, 2.45) is 7.05 Å². The molecule has 4 rings (SSSR count). The number of ether oxygens (including phenoxy) is 1. The van der Waals surface area contributed by atoms with Gasteiger partial charge in [-0.25, -0.2) is 4.79 Å². The molecule has 3 aromatic carbocycles. The minimum Gasteiger partial charge on any atom is -0.406 e. The summed E-state index contributed by atoms with van der Waals surface area (Å²) in [7, 11) is 1.76. The van der Waals surface area contributed by atoms with Crippen LogP contribution in [0.5, 0.6) is 5.75 Å². The van der Waals surface area contributed by atoms with Gasteiger partial charge in [-0.2, -0.15) is 5.10 Å². The molecule has 1 heterocycles. The van der Waals surface area contributed by atoms with Crippen molar-refractivity contribution in [1.29, 1.82) is 0 Å². The zero-order chi connectivity index (χ0) is 24.3. The van der Waals surface area contributed by atoms with Crippen molar-refractivity contribution in [2.45, 2.75) is 6.36 Å². The maximum Gasteiger partial charge on any atom is 0.573 e. The van der Waals surface area contributed by atoms with Gasteiger partial charge < -0.3 is 15.4 Å². The summed E-state index contributed by atoms with van der Waals surface area (Å²) in [5.74, 6) is -0.306. The van der Waals surface area contributed by atoms with Gasteiger partial charge >= 0.3 is 12.4 Å². The number of hydrogen-bond donors (Lipinski definition) is 2. The van der Waals surface area contributed by atoms with E-state index in [9.17, 15) is 18.0 Å². The molecule has 0 spiro atoms. The molecule has 0 atom stereocenters. The summed E-state index contributed by atoms with van der Waals surface area (Å²) in [5.41, 5.74) is 4.00. The monoisotopic (exact) mass is 486 g/mol. The number of aromatic nitrogens is 2. The van der Waals surface area contributed by atoms with Crippen LogP contribution in [-0.2, 0) is 7.05 Å². The molecule has 0 unspecified atom stereocenters. The molecular formula is C24H18ClF3N4O2. The number of benzene rings is 3. The first-order valence-corrected chi connectivity index (χ1v) is 10.4. The lowest BCUT2D eigenvalue weighted by Crippen LogP contribution is -2.19. The van der Waals surface area contributed by atoms with Crippen LogP contribution < -0.4 is 15.4 Å². The maximum absolute atomic E-state index is 12.4. The number of nitrogens with zero attached hydrogens (tertiary/aromatic N) is 2. The SMILES string of the molecule is Cn1ncc(-c2ccc(OC(F)(F)F)cc2)c1-c1cccc(NC(=O)Nc2ccc(Cl)cc2)c1. The van der Waals surface area contributed by atoms with Gasteiger partial charge in [-0.1, -0.05) is 35.9 Å². The van der Waals surface area contributed by atoms with Crippen molar-refractivity contribution in [3.05, 3.63) is 84.0 Å². The number of urea groups is 1. The van der Waals surface area contributed by atoms with Gasteiger partial charge in [-0.15, -0.1) is 13.2 Å². The van der Waals surface area contributed by atoms with E-state index in [0.29, 0.717) is 27.5 Å². The number of rotatable bonds is 5. The van der Waals surface area contributed by atoms with Gasteiger partial charge in [0.2, 0.25) is 0 Å². The van der Waals surface area contributed by atoms with Crippen LogP contribution in [0.3, 0.4) is 0 Å². The fourth-order valence-corrected chi connectivity index (χ4v) is 3.52. The third-order valence-electron chi connectivity index (χ3n) is 4.83. The summed E-state index contributed by atoms with van der Waals surface area (Å²) in [5, 5.41) is 10.4. The number of halogens is 4. The average Bonchev–Trinajstić information content (AvgIpc) is 3.16. The predicted molar refractivity (Wildman–Crippen MR) is 125 cm³/mol. The summed E-state index contributed by atoms with van der Waals surface area (Å²) in [4.78, 5) is 12.4. The fourth-order valence-electron chi connectivity index (χ4n) is 3.40. The van der Waals surface area contributed by atoms with E-state index in [2.05, 4.69) is 20.5 Å². The first-order chi connectivity index (χ1) is 16.2. The van der Waals surface area contributed by atoms with E-state index in [1.165, 1.54) is 24.3 Å². The van der Waals surface area contributed by atoms with Gasteiger partial charge in [0.05, 0.1) is 11.9 Å². The summed E-state index contributed by atoms with van der Waals surface area (Å²) in [6.45, 7) is 0. The van der Waals surface area contributed by atoms with Crippen molar-refractivity contribution >= 4 is 29.0 Å². The molecule has 0 bridgehead atoms. The highest BCUT2D eigenvalue weighted by molar-refractivity contribution is 6.30. The Morgan fingerprint density at radius 2 is 1.62 bits per heavy atom. The second-order valence-corrected chi connectivity index (χ2v) is 7.71. The van der Waals surface area contributed by atoms with Crippen LogP contribution in [0.4, 0.5) is 29.3 Å². The molecule has 0 fully saturated rings. The van der Waals surface area contributed by atoms with Gasteiger partial charge in [0, 0.05) is 34.6 Å². The van der Waals surface area contributed by atoms with Gasteiger partial charge in [0.25, 0.3) is 0 Å². The molecule has 0 radical (unpaired) electrons. The Labute approximate surface area is 197 Å². The van der Waals surface area contributed by atoms with E-state index in [1.54, 1.807) is 60.4 Å². The molecule has 0 saturated heterocycles. The van der Waals surface area contributed by atoms with Crippen molar-refractivity contribution in [3.63, 3.8) is 0 Å². The first kappa shape index (κ1) is 23.2. The van der Waals surface area contributed by atoms with Gasteiger partial charge in [0.15, 0.2) is 0 Å². The minimum atomic E-state index is -4.76. The number of carbonyl (C=O) groups is 1. The Bertz CT molecular complexity index is 1300. The lowest BCUT2D eigenvalue weighted by molar-refractivity contribution is -0.274. The van der Waals surface area contributed by atoms with Crippen LogP contribution >= 0.6 is 11.6 Å². The normalized spacial score (nSPS) is 11.2. The fraction of sp³-hybridized carbons (Fsp3) is 0.0833. The number of alkyl halides is 3. The largest absolute Gasteiger partial charge is 0.573 e. The molecule has 0 aliphatic heterocycles. The highest BCUT2D eigenvalue weighted by Crippen LogP contribution is 2.34. The summed E-state index contributed by atoms with van der Waals surface area (Å²) >= 11 is 5.86. The summed E-state index contributed by atoms with van der Waals surface area (Å²) in [6, 6.07) is 19.0. The van der Waals surface area contributed by atoms with E-state index in [-0.39, 0.29) is 5.75 Å². The predicted octanol–water partition coefficient (Wildman–Crippen LogP) is 6.95. The van der Waals surface area contributed by atoms with E-state index >= 15 is 0 Å². The third kappa shape index (κ3) is 5.68. The van der Waals surface area contributed by atoms with Crippen LogP contribution in [0.2, 0.25) is 5.02 Å². The Hall–Kier alpha value is -3.98. The smallest absolute Gasteiger partial charge is 0.406 e. The Balaban J connectivity index is 1.55. The Kier molecular flexibility index (Phi) is 6.47. The molecular weight excluding hydrogens is 469 g/mol. The Morgan fingerprint density at radius 3 is 2.29 bits per heavy atom. The van der Waals surface area contributed by atoms with Crippen LogP contribution in [0.15, 0.2) is 79.0 Å². The van der Waals surface area contributed by atoms with Crippen LogP contribution in [-0.4, -0.2) is 22.2 Å². The van der Waals surface area contributed by atoms with Crippen molar-refractivity contribution < 1.29 is 22.7 Å². The van der Waals surface area contributed by atoms with Gasteiger partial charge in [0.1, 0.15) is 5.75 Å². The number of hydrogen-bond acceptors (Lipinski definition) is 3. The van der Waals surface area contributed by atoms with Gasteiger partial charge in [-0.05, 0) is 54.1 Å². The first-order valence-electron chi connectivity index (χ1n) is 10.0. The zero-order valence-corrected chi connectivity index (χ0v) is 18.5. The van der Waals surface area contributed by atoms with Crippen molar-refractivity contribution in [1.82, 2.24) is 9.78 Å². The van der Waals surface area contributed by atoms with E-state index in [0.717, 1.165) is 11.3 Å². The second-order valence-electron chi connectivity index (χ2n) is 7.27. The second kappa shape index (κ2) is 9.48. The van der Waals surface area contributed by atoms with Crippen LogP contribution in [0.25, 0.3) is 22.4 Å². The summed E-state index contributed by atoms with van der Waals surface area (Å²) in [6.07, 6.45) is -3.13. The highest BCUT2D eigenvalue weighted by atomic mass is 35.5. The van der Waals surface area contributed by atoms with Crippen molar-refractivity contribution in [2.75, 3.05) is 10.6 Å². The molecule has 1 aromatic heterocycles. The van der Waals surface area contributed by atoms with E-state index < -0.39 is 12.4 Å². The number of anilines is 2. The lowest BCUT2D eigenvalue weighted by atomic mass is 10.0. The maximum atomic E-state index is 12.4. The number of aryl methyl sites for hydroxylation is 1. The molecule has 4 aromatic rings. The quantitative estimate of drug-likeness (QED) is 0.321. The molecule has 10 heteroatoms. The topological polar surface area (TPSA) is 68.2 Å². The molecule has 34 heavy (non-hydrogen) atoms. The Morgan fingerprint density at radius 1 is 0.941 bits per heavy atom. The van der Waals surface area contributed by atoms with Crippen LogP contribution in [0, 0.1) is 0 Å². The number of carbonyl (C=O) groups excluding carboxylic acids is 1. The molecule has 0 saturated carbocycles. The molecule has 174 valence electrons. The summed E-state index contributed by atoms with van der Waals surface area (Å²) < 4.78 is 42.9. The zero-order valence-electron chi connectivity index (χ0n) is 17.7. The van der Waals surface area contributed by atoms with Crippen molar-refractivity contribution in [3.8, 4) is 28.1 Å². The van der Waals surface area contributed by atoms with Gasteiger partial charge in [-0.3, -0.25) is 4.68 Å². The minimum absolute atomic E-state index is 0.306. The lowest BCUT2D eigenvalue weighted by Gasteiger charge is -2.12. The molecule has 2 N–H and O–H groups in total. The number of amides is 2. The molecule has 2 amide bonds. The molecule has 0 aliphatic carbocycles.